The summed E-state index contributed by atoms with van der Waals surface area (Å²) in [6.45, 7) is 8.02. The third kappa shape index (κ3) is 2.46. The normalized spacial score (nSPS) is 30.0. The van der Waals surface area contributed by atoms with E-state index in [1.165, 1.54) is 19.3 Å². The summed E-state index contributed by atoms with van der Waals surface area (Å²) in [6.07, 6.45) is 4.05. The highest BCUT2D eigenvalue weighted by atomic mass is 15.4. The van der Waals surface area contributed by atoms with Gasteiger partial charge in [0.05, 0.1) is 0 Å². The molecule has 2 heteroatoms. The lowest BCUT2D eigenvalue weighted by Gasteiger charge is -2.19. The molecular weight excluding hydrogens is 148 g/mol. The van der Waals surface area contributed by atoms with Crippen LogP contribution in [0, 0.1) is 11.8 Å². The molecule has 0 aromatic heterocycles. The first-order chi connectivity index (χ1) is 5.77. The summed E-state index contributed by atoms with van der Waals surface area (Å²) in [6, 6.07) is 0.658. The topological polar surface area (TPSA) is 24.1 Å². The Hall–Kier alpha value is -0.0800. The van der Waals surface area contributed by atoms with Gasteiger partial charge in [0.1, 0.15) is 0 Å². The Bertz CT molecular complexity index is 121. The molecule has 0 aliphatic carbocycles. The molecule has 0 amide bonds. The van der Waals surface area contributed by atoms with E-state index in [1.807, 2.05) is 0 Å². The lowest BCUT2D eigenvalue weighted by molar-refractivity contribution is 0.346. The summed E-state index contributed by atoms with van der Waals surface area (Å²) >= 11 is 0. The van der Waals surface area contributed by atoms with Crippen LogP contribution in [-0.4, -0.2) is 12.6 Å². The van der Waals surface area contributed by atoms with E-state index >= 15 is 0 Å². The molecule has 0 bridgehead atoms. The van der Waals surface area contributed by atoms with Crippen molar-refractivity contribution in [2.75, 3.05) is 6.54 Å². The van der Waals surface area contributed by atoms with Crippen molar-refractivity contribution < 1.29 is 0 Å². The predicted molar refractivity (Wildman–Crippen MR) is 52.8 cm³/mol. The summed E-state index contributed by atoms with van der Waals surface area (Å²) in [5.74, 6) is 1.77. The second-order valence-corrected chi connectivity index (χ2v) is 3.99. The fourth-order valence-corrected chi connectivity index (χ4v) is 1.98. The van der Waals surface area contributed by atoms with Crippen molar-refractivity contribution >= 4 is 0 Å². The average molecular weight is 170 g/mol. The van der Waals surface area contributed by atoms with Crippen LogP contribution >= 0.6 is 0 Å². The highest BCUT2D eigenvalue weighted by Gasteiger charge is 2.24. The van der Waals surface area contributed by atoms with Gasteiger partial charge in [0.25, 0.3) is 0 Å². The summed E-state index contributed by atoms with van der Waals surface area (Å²) in [5, 5.41) is 0. The molecule has 0 saturated carbocycles. The number of hydrazine groups is 1. The van der Waals surface area contributed by atoms with Crippen molar-refractivity contribution in [1.29, 1.82) is 0 Å². The van der Waals surface area contributed by atoms with Crippen LogP contribution in [0.15, 0.2) is 0 Å². The Morgan fingerprint density at radius 2 is 2.00 bits per heavy atom. The van der Waals surface area contributed by atoms with Crippen molar-refractivity contribution in [3.05, 3.63) is 0 Å². The SMILES string of the molecule is CCC(CC)C[C@H]1CNN[C@H]1C. The zero-order valence-corrected chi connectivity index (χ0v) is 8.56. The molecule has 0 radical (unpaired) electrons. The largest absolute Gasteiger partial charge is 0.257 e. The van der Waals surface area contributed by atoms with Gasteiger partial charge in [0.2, 0.25) is 0 Å². The first-order valence-corrected chi connectivity index (χ1v) is 5.26. The second kappa shape index (κ2) is 4.83. The van der Waals surface area contributed by atoms with Crippen LogP contribution in [0.1, 0.15) is 40.0 Å². The van der Waals surface area contributed by atoms with Crippen molar-refractivity contribution in [3.63, 3.8) is 0 Å². The molecule has 1 aliphatic heterocycles. The van der Waals surface area contributed by atoms with Crippen LogP contribution in [0.25, 0.3) is 0 Å². The standard InChI is InChI=1S/C10H22N2/c1-4-9(5-2)6-10-7-11-12-8(10)3/h8-12H,4-7H2,1-3H3/t8-,10-/m0/s1. The molecule has 0 unspecified atom stereocenters. The monoisotopic (exact) mass is 170 g/mol. The summed E-state index contributed by atoms with van der Waals surface area (Å²) < 4.78 is 0. The van der Waals surface area contributed by atoms with Crippen molar-refractivity contribution in [3.8, 4) is 0 Å². The maximum atomic E-state index is 3.27. The van der Waals surface area contributed by atoms with Gasteiger partial charge >= 0.3 is 0 Å². The Morgan fingerprint density at radius 3 is 2.42 bits per heavy atom. The molecule has 1 aliphatic rings. The molecule has 1 rings (SSSR count). The second-order valence-electron chi connectivity index (χ2n) is 3.99. The van der Waals surface area contributed by atoms with E-state index < -0.39 is 0 Å². The Kier molecular flexibility index (Phi) is 4.02. The van der Waals surface area contributed by atoms with Gasteiger partial charge in [0, 0.05) is 12.6 Å². The number of hydrogen-bond donors (Lipinski definition) is 2. The van der Waals surface area contributed by atoms with Gasteiger partial charge in [-0.05, 0) is 25.2 Å². The average Bonchev–Trinajstić information content (AvgIpc) is 2.47. The molecule has 12 heavy (non-hydrogen) atoms. The fraction of sp³-hybridized carbons (Fsp3) is 1.00. The minimum absolute atomic E-state index is 0.658. The van der Waals surface area contributed by atoms with E-state index in [0.29, 0.717) is 6.04 Å². The van der Waals surface area contributed by atoms with Crippen molar-refractivity contribution in [2.24, 2.45) is 11.8 Å². The molecule has 2 atom stereocenters. The highest BCUT2D eigenvalue weighted by molar-refractivity contribution is 4.80. The quantitative estimate of drug-likeness (QED) is 0.673. The molecule has 0 aromatic rings. The number of nitrogens with one attached hydrogen (secondary N) is 2. The highest BCUT2D eigenvalue weighted by Crippen LogP contribution is 2.22. The van der Waals surface area contributed by atoms with E-state index in [0.717, 1.165) is 18.4 Å². The van der Waals surface area contributed by atoms with Gasteiger partial charge in [-0.3, -0.25) is 10.9 Å². The van der Waals surface area contributed by atoms with E-state index in [-0.39, 0.29) is 0 Å². The van der Waals surface area contributed by atoms with Gasteiger partial charge in [-0.15, -0.1) is 0 Å². The van der Waals surface area contributed by atoms with E-state index in [2.05, 4.69) is 31.6 Å². The fourth-order valence-electron chi connectivity index (χ4n) is 1.98. The summed E-state index contributed by atoms with van der Waals surface area (Å²) in [5.41, 5.74) is 6.50. The third-order valence-corrected chi connectivity index (χ3v) is 3.19. The van der Waals surface area contributed by atoms with Crippen LogP contribution < -0.4 is 10.9 Å². The van der Waals surface area contributed by atoms with Crippen LogP contribution in [0.4, 0.5) is 0 Å². The smallest absolute Gasteiger partial charge is 0.0225 e. The number of rotatable bonds is 4. The van der Waals surface area contributed by atoms with Crippen molar-refractivity contribution in [2.45, 2.75) is 46.1 Å². The van der Waals surface area contributed by atoms with Crippen LogP contribution in [0.5, 0.6) is 0 Å². The molecule has 1 fully saturated rings. The Morgan fingerprint density at radius 1 is 1.33 bits per heavy atom. The molecule has 0 spiro atoms. The number of hydrogen-bond acceptors (Lipinski definition) is 2. The molecule has 0 aromatic carbocycles. The molecule has 2 nitrogen and oxygen atoms in total. The molecule has 2 N–H and O–H groups in total. The zero-order chi connectivity index (χ0) is 8.97. The van der Waals surface area contributed by atoms with Crippen LogP contribution in [-0.2, 0) is 0 Å². The lowest BCUT2D eigenvalue weighted by Crippen LogP contribution is -2.29. The summed E-state index contributed by atoms with van der Waals surface area (Å²) in [4.78, 5) is 0. The predicted octanol–water partition coefficient (Wildman–Crippen LogP) is 1.93. The third-order valence-electron chi connectivity index (χ3n) is 3.19. The van der Waals surface area contributed by atoms with E-state index in [9.17, 15) is 0 Å². The Balaban J connectivity index is 2.28. The zero-order valence-electron chi connectivity index (χ0n) is 8.56. The maximum absolute atomic E-state index is 3.27. The first kappa shape index (κ1) is 10.0. The van der Waals surface area contributed by atoms with Crippen LogP contribution in [0.2, 0.25) is 0 Å². The minimum atomic E-state index is 0.658. The van der Waals surface area contributed by atoms with E-state index in [1.54, 1.807) is 0 Å². The van der Waals surface area contributed by atoms with Gasteiger partial charge < -0.3 is 0 Å². The lowest BCUT2D eigenvalue weighted by atomic mass is 9.88. The molecule has 1 heterocycles. The van der Waals surface area contributed by atoms with Crippen LogP contribution in [0.3, 0.4) is 0 Å². The first-order valence-electron chi connectivity index (χ1n) is 5.26. The molecule has 1 saturated heterocycles. The summed E-state index contributed by atoms with van der Waals surface area (Å²) in [7, 11) is 0. The molecule has 72 valence electrons. The van der Waals surface area contributed by atoms with Gasteiger partial charge in [-0.25, -0.2) is 0 Å². The van der Waals surface area contributed by atoms with Gasteiger partial charge in [-0.1, -0.05) is 26.7 Å². The van der Waals surface area contributed by atoms with Gasteiger partial charge in [0.15, 0.2) is 0 Å². The van der Waals surface area contributed by atoms with E-state index in [4.69, 9.17) is 0 Å². The molecular formula is C10H22N2. The Labute approximate surface area is 76.1 Å². The van der Waals surface area contributed by atoms with Gasteiger partial charge in [-0.2, -0.15) is 0 Å². The minimum Gasteiger partial charge on any atom is -0.257 e. The maximum Gasteiger partial charge on any atom is 0.0225 e. The van der Waals surface area contributed by atoms with Crippen molar-refractivity contribution in [1.82, 2.24) is 10.9 Å².